The Morgan fingerprint density at radius 1 is 1.07 bits per heavy atom. The van der Waals surface area contributed by atoms with Gasteiger partial charge in [0.1, 0.15) is 13.2 Å². The van der Waals surface area contributed by atoms with Crippen LogP contribution in [0.3, 0.4) is 0 Å². The SMILES string of the molecule is COc1cc(/C=C/C(=O)Nc2cccc(NC(=O)C3CC3)c2)cc2c1OCCO2. The molecule has 0 spiro atoms. The van der Waals surface area contributed by atoms with Crippen molar-refractivity contribution in [3.05, 3.63) is 48.0 Å². The van der Waals surface area contributed by atoms with Crippen molar-refractivity contribution in [3.8, 4) is 17.2 Å². The van der Waals surface area contributed by atoms with Crippen LogP contribution in [0.25, 0.3) is 6.08 Å². The zero-order chi connectivity index (χ0) is 20.2. The Hall–Kier alpha value is -3.48. The molecule has 1 aliphatic heterocycles. The van der Waals surface area contributed by atoms with E-state index in [2.05, 4.69) is 10.6 Å². The molecular formula is C22H22N2O5. The number of anilines is 2. The monoisotopic (exact) mass is 394 g/mol. The number of ether oxygens (including phenoxy) is 3. The van der Waals surface area contributed by atoms with Gasteiger partial charge in [-0.3, -0.25) is 9.59 Å². The zero-order valence-corrected chi connectivity index (χ0v) is 16.1. The van der Waals surface area contributed by atoms with E-state index in [0.717, 1.165) is 18.4 Å². The molecule has 0 bridgehead atoms. The summed E-state index contributed by atoms with van der Waals surface area (Å²) < 4.78 is 16.5. The quantitative estimate of drug-likeness (QED) is 0.733. The minimum Gasteiger partial charge on any atom is -0.493 e. The van der Waals surface area contributed by atoms with Crippen LogP contribution < -0.4 is 24.8 Å². The molecule has 1 heterocycles. The van der Waals surface area contributed by atoms with Gasteiger partial charge in [0.05, 0.1) is 7.11 Å². The fraction of sp³-hybridized carbons (Fsp3) is 0.273. The Balaban J connectivity index is 1.42. The topological polar surface area (TPSA) is 85.9 Å². The van der Waals surface area contributed by atoms with Gasteiger partial charge >= 0.3 is 0 Å². The number of benzene rings is 2. The van der Waals surface area contributed by atoms with Gasteiger partial charge in [-0.25, -0.2) is 0 Å². The van der Waals surface area contributed by atoms with Gasteiger partial charge in [0.2, 0.25) is 17.6 Å². The fourth-order valence-corrected chi connectivity index (χ4v) is 3.01. The Morgan fingerprint density at radius 3 is 2.59 bits per heavy atom. The van der Waals surface area contributed by atoms with Crippen molar-refractivity contribution in [3.63, 3.8) is 0 Å². The van der Waals surface area contributed by atoms with Gasteiger partial charge < -0.3 is 24.8 Å². The van der Waals surface area contributed by atoms with E-state index in [4.69, 9.17) is 14.2 Å². The highest BCUT2D eigenvalue weighted by molar-refractivity contribution is 6.02. The lowest BCUT2D eigenvalue weighted by atomic mass is 10.1. The first-order valence-electron chi connectivity index (χ1n) is 9.50. The van der Waals surface area contributed by atoms with Crippen LogP contribution in [-0.2, 0) is 9.59 Å². The molecule has 150 valence electrons. The predicted molar refractivity (Wildman–Crippen MR) is 109 cm³/mol. The largest absolute Gasteiger partial charge is 0.493 e. The van der Waals surface area contributed by atoms with E-state index in [1.807, 2.05) is 0 Å². The number of hydrogen-bond acceptors (Lipinski definition) is 5. The number of hydrogen-bond donors (Lipinski definition) is 2. The Morgan fingerprint density at radius 2 is 1.83 bits per heavy atom. The minimum atomic E-state index is -0.287. The molecule has 0 unspecified atom stereocenters. The molecular weight excluding hydrogens is 372 g/mol. The maximum atomic E-state index is 12.3. The fourth-order valence-electron chi connectivity index (χ4n) is 3.01. The standard InChI is InChI=1S/C22H22N2O5/c1-27-18-11-14(12-19-21(18)29-10-9-28-19)5-8-20(25)23-16-3-2-4-17(13-16)24-22(26)15-6-7-15/h2-5,8,11-13,15H,6-7,9-10H2,1H3,(H,23,25)(H,24,26)/b8-5+. The van der Waals surface area contributed by atoms with Gasteiger partial charge in [0, 0.05) is 23.4 Å². The third-order valence-electron chi connectivity index (χ3n) is 4.62. The summed E-state index contributed by atoms with van der Waals surface area (Å²) in [5.74, 6) is 1.59. The molecule has 1 aliphatic carbocycles. The van der Waals surface area contributed by atoms with Crippen LogP contribution in [0.1, 0.15) is 18.4 Å². The van der Waals surface area contributed by atoms with Gasteiger partial charge in [0.15, 0.2) is 11.5 Å². The molecule has 2 aromatic carbocycles. The highest BCUT2D eigenvalue weighted by Gasteiger charge is 2.29. The zero-order valence-electron chi connectivity index (χ0n) is 16.1. The summed E-state index contributed by atoms with van der Waals surface area (Å²) in [5.41, 5.74) is 2.03. The molecule has 1 saturated carbocycles. The van der Waals surface area contributed by atoms with Crippen molar-refractivity contribution in [1.29, 1.82) is 0 Å². The summed E-state index contributed by atoms with van der Waals surface area (Å²) in [7, 11) is 1.56. The van der Waals surface area contributed by atoms with E-state index in [0.29, 0.717) is 41.8 Å². The second kappa shape index (κ2) is 8.26. The van der Waals surface area contributed by atoms with E-state index < -0.39 is 0 Å². The molecule has 0 atom stereocenters. The molecule has 7 heteroatoms. The van der Waals surface area contributed by atoms with E-state index in [-0.39, 0.29) is 17.7 Å². The van der Waals surface area contributed by atoms with Crippen molar-refractivity contribution in [2.45, 2.75) is 12.8 Å². The van der Waals surface area contributed by atoms with Crippen molar-refractivity contribution in [2.75, 3.05) is 31.0 Å². The van der Waals surface area contributed by atoms with E-state index in [1.165, 1.54) is 6.08 Å². The van der Waals surface area contributed by atoms with Crippen molar-refractivity contribution in [2.24, 2.45) is 5.92 Å². The third-order valence-corrected chi connectivity index (χ3v) is 4.62. The van der Waals surface area contributed by atoms with Crippen LogP contribution in [0.2, 0.25) is 0 Å². The van der Waals surface area contributed by atoms with Crippen molar-refractivity contribution < 1.29 is 23.8 Å². The van der Waals surface area contributed by atoms with Crippen LogP contribution >= 0.6 is 0 Å². The lowest BCUT2D eigenvalue weighted by molar-refractivity contribution is -0.117. The molecule has 0 saturated heterocycles. The maximum Gasteiger partial charge on any atom is 0.248 e. The number of methoxy groups -OCH3 is 1. The molecule has 0 aromatic heterocycles. The van der Waals surface area contributed by atoms with Gasteiger partial charge in [0.25, 0.3) is 0 Å². The lowest BCUT2D eigenvalue weighted by Gasteiger charge is -2.20. The van der Waals surface area contributed by atoms with Crippen LogP contribution in [0.4, 0.5) is 11.4 Å². The average molecular weight is 394 g/mol. The normalized spacial score (nSPS) is 15.1. The number of fused-ring (bicyclic) bond motifs is 1. The molecule has 2 aliphatic rings. The van der Waals surface area contributed by atoms with Crippen molar-refractivity contribution >= 4 is 29.3 Å². The molecule has 4 rings (SSSR count). The first-order valence-corrected chi connectivity index (χ1v) is 9.50. The molecule has 1 fully saturated rings. The van der Waals surface area contributed by atoms with E-state index >= 15 is 0 Å². The molecule has 2 aromatic rings. The molecule has 2 N–H and O–H groups in total. The Kier molecular flexibility index (Phi) is 5.37. The molecule has 7 nitrogen and oxygen atoms in total. The van der Waals surface area contributed by atoms with Crippen LogP contribution in [0, 0.1) is 5.92 Å². The van der Waals surface area contributed by atoms with E-state index in [1.54, 1.807) is 49.6 Å². The van der Waals surface area contributed by atoms with E-state index in [9.17, 15) is 9.59 Å². The second-order valence-corrected chi connectivity index (χ2v) is 6.91. The van der Waals surface area contributed by atoms with Crippen LogP contribution in [-0.4, -0.2) is 32.1 Å². The minimum absolute atomic E-state index is 0.0286. The third kappa shape index (κ3) is 4.68. The summed E-state index contributed by atoms with van der Waals surface area (Å²) >= 11 is 0. The number of nitrogens with one attached hydrogen (secondary N) is 2. The van der Waals surface area contributed by atoms with Gasteiger partial charge in [-0.1, -0.05) is 6.07 Å². The lowest BCUT2D eigenvalue weighted by Crippen LogP contribution is -2.16. The van der Waals surface area contributed by atoms with Gasteiger partial charge in [-0.15, -0.1) is 0 Å². The smallest absolute Gasteiger partial charge is 0.248 e. The molecule has 29 heavy (non-hydrogen) atoms. The summed E-state index contributed by atoms with van der Waals surface area (Å²) in [6, 6.07) is 10.7. The highest BCUT2D eigenvalue weighted by Crippen LogP contribution is 2.40. The van der Waals surface area contributed by atoms with Crippen LogP contribution in [0.15, 0.2) is 42.5 Å². The Bertz CT molecular complexity index is 948. The Labute approximate surface area is 168 Å². The summed E-state index contributed by atoms with van der Waals surface area (Å²) in [6.07, 6.45) is 4.99. The first-order chi connectivity index (χ1) is 14.1. The average Bonchev–Trinajstić information content (AvgIpc) is 3.57. The number of carbonyl (C=O) groups is 2. The predicted octanol–water partition coefficient (Wildman–Crippen LogP) is 3.47. The second-order valence-electron chi connectivity index (χ2n) is 6.91. The molecule has 2 amide bonds. The van der Waals surface area contributed by atoms with Gasteiger partial charge in [-0.05, 0) is 54.8 Å². The summed E-state index contributed by atoms with van der Waals surface area (Å²) in [5, 5.41) is 5.67. The number of carbonyl (C=O) groups excluding carboxylic acids is 2. The molecule has 0 radical (unpaired) electrons. The first kappa shape index (κ1) is 18.9. The van der Waals surface area contributed by atoms with Crippen LogP contribution in [0.5, 0.6) is 17.2 Å². The number of rotatable bonds is 6. The van der Waals surface area contributed by atoms with Crippen molar-refractivity contribution in [1.82, 2.24) is 0 Å². The van der Waals surface area contributed by atoms with Gasteiger partial charge in [-0.2, -0.15) is 0 Å². The number of amides is 2. The highest BCUT2D eigenvalue weighted by atomic mass is 16.6. The summed E-state index contributed by atoms with van der Waals surface area (Å²) in [6.45, 7) is 0.943. The maximum absolute atomic E-state index is 12.3. The summed E-state index contributed by atoms with van der Waals surface area (Å²) in [4.78, 5) is 24.2.